The first-order valence-corrected chi connectivity index (χ1v) is 5.34. The predicted molar refractivity (Wildman–Crippen MR) is 59.8 cm³/mol. The van der Waals surface area contributed by atoms with Gasteiger partial charge in [0.2, 0.25) is 0 Å². The number of ether oxygens (including phenoxy) is 1. The van der Waals surface area contributed by atoms with Crippen molar-refractivity contribution in [3.63, 3.8) is 0 Å². The van der Waals surface area contributed by atoms with E-state index in [1.807, 2.05) is 12.1 Å². The maximum absolute atomic E-state index is 5.10. The molecule has 2 heteroatoms. The molecule has 0 N–H and O–H groups in total. The number of rotatable bonds is 3. The highest BCUT2D eigenvalue weighted by Crippen LogP contribution is 2.25. The molecule has 1 aromatic rings. The van der Waals surface area contributed by atoms with Gasteiger partial charge in [0.1, 0.15) is 5.75 Å². The van der Waals surface area contributed by atoms with Crippen LogP contribution in [-0.2, 0) is 0 Å². The quantitative estimate of drug-likeness (QED) is 0.737. The molecule has 0 saturated carbocycles. The number of hydrogen-bond acceptors (Lipinski definition) is 1. The molecule has 0 saturated heterocycles. The van der Waals surface area contributed by atoms with Crippen molar-refractivity contribution in [3.05, 3.63) is 29.8 Å². The second-order valence-electron chi connectivity index (χ2n) is 3.24. The van der Waals surface area contributed by atoms with Crippen LogP contribution in [0.1, 0.15) is 25.3 Å². The molecule has 0 radical (unpaired) electrons. The first-order chi connectivity index (χ1) is 6.15. The largest absolute Gasteiger partial charge is 0.497 e. The van der Waals surface area contributed by atoms with Crippen LogP contribution in [0.3, 0.4) is 0 Å². The van der Waals surface area contributed by atoms with Crippen LogP contribution in [0.25, 0.3) is 0 Å². The van der Waals surface area contributed by atoms with Crippen molar-refractivity contribution >= 4 is 15.9 Å². The summed E-state index contributed by atoms with van der Waals surface area (Å²) in [5.41, 5.74) is 1.34. The molecule has 2 atom stereocenters. The van der Waals surface area contributed by atoms with Crippen LogP contribution < -0.4 is 4.74 Å². The van der Waals surface area contributed by atoms with Crippen molar-refractivity contribution in [1.29, 1.82) is 0 Å². The van der Waals surface area contributed by atoms with Gasteiger partial charge in [-0.05, 0) is 23.6 Å². The number of alkyl halides is 1. The predicted octanol–water partition coefficient (Wildman–Crippen LogP) is 3.58. The van der Waals surface area contributed by atoms with Gasteiger partial charge in [0, 0.05) is 4.83 Å². The van der Waals surface area contributed by atoms with Gasteiger partial charge < -0.3 is 4.74 Å². The molecule has 1 aromatic carbocycles. The van der Waals surface area contributed by atoms with Crippen molar-refractivity contribution in [1.82, 2.24) is 0 Å². The third-order valence-electron chi connectivity index (χ3n) is 2.33. The third kappa shape index (κ3) is 2.73. The van der Waals surface area contributed by atoms with Crippen LogP contribution in [0.5, 0.6) is 5.75 Å². The molecule has 0 aliphatic heterocycles. The molecule has 0 aliphatic carbocycles. The van der Waals surface area contributed by atoms with Crippen LogP contribution >= 0.6 is 15.9 Å². The monoisotopic (exact) mass is 242 g/mol. The molecule has 2 unspecified atom stereocenters. The first-order valence-electron chi connectivity index (χ1n) is 4.43. The van der Waals surface area contributed by atoms with Crippen molar-refractivity contribution in [2.24, 2.45) is 0 Å². The zero-order valence-corrected chi connectivity index (χ0v) is 9.84. The topological polar surface area (TPSA) is 9.23 Å². The third-order valence-corrected chi connectivity index (χ3v) is 3.12. The Kier molecular flexibility index (Phi) is 3.79. The minimum absolute atomic E-state index is 0.501. The van der Waals surface area contributed by atoms with Crippen molar-refractivity contribution < 1.29 is 4.74 Å². The molecule has 0 fully saturated rings. The van der Waals surface area contributed by atoms with E-state index in [-0.39, 0.29) is 0 Å². The Morgan fingerprint density at radius 2 is 1.69 bits per heavy atom. The Hall–Kier alpha value is -0.500. The molecular formula is C11H15BrO. The van der Waals surface area contributed by atoms with Crippen LogP contribution in [-0.4, -0.2) is 11.9 Å². The first kappa shape index (κ1) is 10.6. The zero-order chi connectivity index (χ0) is 9.84. The Morgan fingerprint density at radius 1 is 1.15 bits per heavy atom. The Bertz CT molecular complexity index is 253. The smallest absolute Gasteiger partial charge is 0.118 e. The fourth-order valence-corrected chi connectivity index (χ4v) is 1.48. The van der Waals surface area contributed by atoms with Gasteiger partial charge in [-0.2, -0.15) is 0 Å². The maximum atomic E-state index is 5.10. The van der Waals surface area contributed by atoms with E-state index in [1.165, 1.54) is 5.56 Å². The van der Waals surface area contributed by atoms with E-state index in [0.717, 1.165) is 5.75 Å². The van der Waals surface area contributed by atoms with Crippen LogP contribution in [0, 0.1) is 0 Å². The average Bonchev–Trinajstić information content (AvgIpc) is 2.17. The van der Waals surface area contributed by atoms with Crippen LogP contribution in [0.15, 0.2) is 24.3 Å². The zero-order valence-electron chi connectivity index (χ0n) is 8.25. The maximum Gasteiger partial charge on any atom is 0.118 e. The summed E-state index contributed by atoms with van der Waals surface area (Å²) in [7, 11) is 1.69. The van der Waals surface area contributed by atoms with E-state index in [0.29, 0.717) is 10.7 Å². The standard InChI is InChI=1S/C11H15BrO/c1-8(9(2)12)10-4-6-11(13-3)7-5-10/h4-9H,1-3H3. The molecular weight excluding hydrogens is 228 g/mol. The molecule has 1 rings (SSSR count). The Morgan fingerprint density at radius 3 is 2.08 bits per heavy atom. The van der Waals surface area contributed by atoms with E-state index in [4.69, 9.17) is 4.74 Å². The van der Waals surface area contributed by atoms with Gasteiger partial charge in [0.15, 0.2) is 0 Å². The van der Waals surface area contributed by atoms with E-state index < -0.39 is 0 Å². The molecule has 13 heavy (non-hydrogen) atoms. The fraction of sp³-hybridized carbons (Fsp3) is 0.455. The molecule has 0 spiro atoms. The van der Waals surface area contributed by atoms with E-state index in [9.17, 15) is 0 Å². The van der Waals surface area contributed by atoms with Gasteiger partial charge in [0.25, 0.3) is 0 Å². The summed E-state index contributed by atoms with van der Waals surface area (Å²) in [5, 5.41) is 0. The highest BCUT2D eigenvalue weighted by Gasteiger charge is 2.10. The van der Waals surface area contributed by atoms with Gasteiger partial charge in [-0.15, -0.1) is 0 Å². The molecule has 1 nitrogen and oxygen atoms in total. The molecule has 0 amide bonds. The summed E-state index contributed by atoms with van der Waals surface area (Å²) in [5.74, 6) is 1.45. The number of halogens is 1. The summed E-state index contributed by atoms with van der Waals surface area (Å²) >= 11 is 3.58. The van der Waals surface area contributed by atoms with Crippen LogP contribution in [0.2, 0.25) is 0 Å². The lowest BCUT2D eigenvalue weighted by Crippen LogP contribution is -2.03. The SMILES string of the molecule is COc1ccc(C(C)C(C)Br)cc1. The highest BCUT2D eigenvalue weighted by atomic mass is 79.9. The normalized spacial score (nSPS) is 15.1. The lowest BCUT2D eigenvalue weighted by molar-refractivity contribution is 0.414. The lowest BCUT2D eigenvalue weighted by Gasteiger charge is -2.14. The number of methoxy groups -OCH3 is 1. The molecule has 0 aromatic heterocycles. The van der Waals surface area contributed by atoms with E-state index >= 15 is 0 Å². The minimum Gasteiger partial charge on any atom is -0.497 e. The van der Waals surface area contributed by atoms with E-state index in [1.54, 1.807) is 7.11 Å². The average molecular weight is 243 g/mol. The van der Waals surface area contributed by atoms with Gasteiger partial charge in [-0.3, -0.25) is 0 Å². The lowest BCUT2D eigenvalue weighted by atomic mass is 9.99. The second-order valence-corrected chi connectivity index (χ2v) is 4.68. The number of hydrogen-bond donors (Lipinski definition) is 0. The Labute approximate surface area is 88.2 Å². The van der Waals surface area contributed by atoms with Crippen molar-refractivity contribution in [2.75, 3.05) is 7.11 Å². The fourth-order valence-electron chi connectivity index (χ4n) is 1.17. The van der Waals surface area contributed by atoms with Crippen molar-refractivity contribution in [2.45, 2.75) is 24.6 Å². The van der Waals surface area contributed by atoms with Gasteiger partial charge >= 0.3 is 0 Å². The summed E-state index contributed by atoms with van der Waals surface area (Å²) in [4.78, 5) is 0.501. The minimum atomic E-state index is 0.501. The molecule has 0 bridgehead atoms. The molecule has 0 heterocycles. The van der Waals surface area contributed by atoms with Crippen LogP contribution in [0.4, 0.5) is 0 Å². The van der Waals surface area contributed by atoms with E-state index in [2.05, 4.69) is 41.9 Å². The summed E-state index contributed by atoms with van der Waals surface area (Å²) in [6.45, 7) is 4.37. The number of benzene rings is 1. The van der Waals surface area contributed by atoms with Gasteiger partial charge in [-0.1, -0.05) is 41.9 Å². The second kappa shape index (κ2) is 4.66. The molecule has 0 aliphatic rings. The van der Waals surface area contributed by atoms with Gasteiger partial charge in [-0.25, -0.2) is 0 Å². The summed E-state index contributed by atoms with van der Waals surface area (Å²) in [6, 6.07) is 8.23. The molecule has 72 valence electrons. The Balaban J connectivity index is 2.79. The summed E-state index contributed by atoms with van der Waals surface area (Å²) in [6.07, 6.45) is 0. The van der Waals surface area contributed by atoms with Crippen molar-refractivity contribution in [3.8, 4) is 5.75 Å². The summed E-state index contributed by atoms with van der Waals surface area (Å²) < 4.78 is 5.10. The highest BCUT2D eigenvalue weighted by molar-refractivity contribution is 9.09. The van der Waals surface area contributed by atoms with Gasteiger partial charge in [0.05, 0.1) is 7.11 Å².